The molecule has 0 saturated heterocycles. The fourth-order valence-corrected chi connectivity index (χ4v) is 3.08. The smallest absolute Gasteiger partial charge is 0.191 e. The van der Waals surface area contributed by atoms with Gasteiger partial charge in [0.15, 0.2) is 5.96 Å². The lowest BCUT2D eigenvalue weighted by atomic mass is 10.1. The quantitative estimate of drug-likeness (QED) is 0.324. The first-order valence-corrected chi connectivity index (χ1v) is 9.75. The number of unbranched alkanes of at least 4 members (excludes halogenated alkanes) is 1. The highest BCUT2D eigenvalue weighted by Gasteiger charge is 2.05. The number of nitrogens with one attached hydrogen (secondary N) is 2. The van der Waals surface area contributed by atoms with Gasteiger partial charge in [0.2, 0.25) is 0 Å². The molecule has 2 N–H and O–H groups in total. The van der Waals surface area contributed by atoms with Gasteiger partial charge in [-0.25, -0.2) is 0 Å². The predicted octanol–water partition coefficient (Wildman–Crippen LogP) is 2.93. The second kappa shape index (κ2) is 14.3. The van der Waals surface area contributed by atoms with Crippen molar-refractivity contribution in [2.75, 3.05) is 46.6 Å². The van der Waals surface area contributed by atoms with Crippen LogP contribution in [-0.2, 0) is 15.9 Å². The molecule has 0 radical (unpaired) electrons. The monoisotopic (exact) mass is 355 g/mol. The number of methoxy groups -OCH3 is 1. The molecule has 1 unspecified atom stereocenters. The minimum atomic E-state index is 0.549. The Kier molecular flexibility index (Phi) is 12.4. The molecule has 0 aromatic carbocycles. The summed E-state index contributed by atoms with van der Waals surface area (Å²) >= 11 is 1.82. The van der Waals surface area contributed by atoms with E-state index in [0.29, 0.717) is 19.1 Å². The molecule has 0 aliphatic heterocycles. The van der Waals surface area contributed by atoms with Gasteiger partial charge in [-0.3, -0.25) is 4.99 Å². The Morgan fingerprint density at radius 3 is 2.83 bits per heavy atom. The van der Waals surface area contributed by atoms with Crippen LogP contribution < -0.4 is 10.6 Å². The van der Waals surface area contributed by atoms with Gasteiger partial charge in [0, 0.05) is 38.2 Å². The Morgan fingerprint density at radius 2 is 2.12 bits per heavy atom. The van der Waals surface area contributed by atoms with E-state index in [0.717, 1.165) is 51.5 Å². The third-order valence-electron chi connectivity index (χ3n) is 3.47. The summed E-state index contributed by atoms with van der Waals surface area (Å²) in [6.07, 6.45) is 3.21. The molecule has 1 heterocycles. The largest absolute Gasteiger partial charge is 0.382 e. The molecule has 0 bridgehead atoms. The summed E-state index contributed by atoms with van der Waals surface area (Å²) in [6.45, 7) is 9.11. The molecule has 0 aliphatic rings. The average Bonchev–Trinajstić information content (AvgIpc) is 3.07. The predicted molar refractivity (Wildman–Crippen MR) is 103 cm³/mol. The molecule has 1 atom stereocenters. The van der Waals surface area contributed by atoms with Crippen LogP contribution in [-0.4, -0.2) is 52.5 Å². The fourth-order valence-electron chi connectivity index (χ4n) is 2.21. The van der Waals surface area contributed by atoms with Crippen LogP contribution in [0, 0.1) is 5.92 Å². The van der Waals surface area contributed by atoms with Crippen LogP contribution in [0.4, 0.5) is 0 Å². The molecule has 1 rings (SSSR count). The summed E-state index contributed by atoms with van der Waals surface area (Å²) in [5.41, 5.74) is 0. The van der Waals surface area contributed by atoms with Gasteiger partial charge in [-0.15, -0.1) is 11.3 Å². The molecule has 138 valence electrons. The van der Waals surface area contributed by atoms with Crippen molar-refractivity contribution in [3.8, 4) is 0 Å². The highest BCUT2D eigenvalue weighted by atomic mass is 32.1. The number of hydrogen-bond acceptors (Lipinski definition) is 4. The maximum absolute atomic E-state index is 5.46. The van der Waals surface area contributed by atoms with Gasteiger partial charge in [0.05, 0.1) is 13.2 Å². The zero-order valence-corrected chi connectivity index (χ0v) is 16.2. The van der Waals surface area contributed by atoms with E-state index in [9.17, 15) is 0 Å². The van der Waals surface area contributed by atoms with Gasteiger partial charge < -0.3 is 20.1 Å². The van der Waals surface area contributed by atoms with E-state index < -0.39 is 0 Å². The zero-order chi connectivity index (χ0) is 17.5. The summed E-state index contributed by atoms with van der Waals surface area (Å²) in [6, 6.07) is 4.31. The van der Waals surface area contributed by atoms with Crippen LogP contribution in [0.25, 0.3) is 0 Å². The van der Waals surface area contributed by atoms with Crippen molar-refractivity contribution in [2.24, 2.45) is 10.9 Å². The molecule has 5 nitrogen and oxygen atoms in total. The van der Waals surface area contributed by atoms with Crippen LogP contribution in [0.2, 0.25) is 0 Å². The number of rotatable bonds is 13. The SMILES string of the molecule is CCNC(=NCC(C)Cc1cccs1)NCCCCOCCOC. The maximum Gasteiger partial charge on any atom is 0.191 e. The minimum Gasteiger partial charge on any atom is -0.382 e. The van der Waals surface area contributed by atoms with Gasteiger partial charge in [0.1, 0.15) is 0 Å². The standard InChI is InChI=1S/C18H33N3O2S/c1-4-19-18(20-9-5-6-10-23-12-11-22-3)21-15-16(2)14-17-8-7-13-24-17/h7-8,13,16H,4-6,9-12,14-15H2,1-3H3,(H2,19,20,21). The molecule has 1 aromatic rings. The van der Waals surface area contributed by atoms with Crippen molar-refractivity contribution in [1.29, 1.82) is 0 Å². The normalized spacial score (nSPS) is 13.0. The highest BCUT2D eigenvalue weighted by Crippen LogP contribution is 2.14. The van der Waals surface area contributed by atoms with E-state index in [1.54, 1.807) is 7.11 Å². The summed E-state index contributed by atoms with van der Waals surface area (Å²) in [4.78, 5) is 6.14. The van der Waals surface area contributed by atoms with Crippen LogP contribution in [0.3, 0.4) is 0 Å². The molecule has 0 aliphatic carbocycles. The Balaban J connectivity index is 2.17. The van der Waals surface area contributed by atoms with Crippen LogP contribution in [0.15, 0.2) is 22.5 Å². The van der Waals surface area contributed by atoms with E-state index in [2.05, 4.69) is 42.0 Å². The topological polar surface area (TPSA) is 54.9 Å². The number of guanidine groups is 1. The highest BCUT2D eigenvalue weighted by molar-refractivity contribution is 7.09. The van der Waals surface area contributed by atoms with Gasteiger partial charge in [-0.2, -0.15) is 0 Å². The maximum atomic E-state index is 5.46. The number of nitrogens with zero attached hydrogens (tertiary/aromatic N) is 1. The first-order chi connectivity index (χ1) is 11.8. The van der Waals surface area contributed by atoms with E-state index in [-0.39, 0.29) is 0 Å². The number of thiophene rings is 1. The van der Waals surface area contributed by atoms with E-state index in [1.165, 1.54) is 4.88 Å². The minimum absolute atomic E-state index is 0.549. The second-order valence-corrected chi connectivity index (χ2v) is 6.88. The number of ether oxygens (including phenoxy) is 2. The summed E-state index contributed by atoms with van der Waals surface area (Å²) < 4.78 is 10.4. The van der Waals surface area contributed by atoms with Crippen LogP contribution >= 0.6 is 11.3 Å². The lowest BCUT2D eigenvalue weighted by Crippen LogP contribution is -2.38. The van der Waals surface area contributed by atoms with Crippen molar-refractivity contribution in [3.05, 3.63) is 22.4 Å². The Hall–Kier alpha value is -1.11. The van der Waals surface area contributed by atoms with Crippen LogP contribution in [0.1, 0.15) is 31.6 Å². The summed E-state index contributed by atoms with van der Waals surface area (Å²) in [5, 5.41) is 8.84. The third-order valence-corrected chi connectivity index (χ3v) is 4.37. The average molecular weight is 356 g/mol. The summed E-state index contributed by atoms with van der Waals surface area (Å²) in [5.74, 6) is 1.46. The fraction of sp³-hybridized carbons (Fsp3) is 0.722. The van der Waals surface area contributed by atoms with E-state index in [4.69, 9.17) is 14.5 Å². The van der Waals surface area contributed by atoms with Gasteiger partial charge in [0.25, 0.3) is 0 Å². The molecule has 0 spiro atoms. The Labute approximate surface area is 150 Å². The third kappa shape index (κ3) is 10.6. The molecule has 0 amide bonds. The lowest BCUT2D eigenvalue weighted by Gasteiger charge is -2.13. The molecule has 0 fully saturated rings. The van der Waals surface area contributed by atoms with Crippen molar-refractivity contribution in [1.82, 2.24) is 10.6 Å². The zero-order valence-electron chi connectivity index (χ0n) is 15.3. The van der Waals surface area contributed by atoms with Crippen molar-refractivity contribution in [2.45, 2.75) is 33.1 Å². The van der Waals surface area contributed by atoms with E-state index >= 15 is 0 Å². The molecular weight excluding hydrogens is 322 g/mol. The first-order valence-electron chi connectivity index (χ1n) is 8.87. The second-order valence-electron chi connectivity index (χ2n) is 5.85. The molecule has 0 saturated carbocycles. The van der Waals surface area contributed by atoms with Gasteiger partial charge in [-0.05, 0) is 43.6 Å². The molecule has 24 heavy (non-hydrogen) atoms. The molecule has 1 aromatic heterocycles. The summed E-state index contributed by atoms with van der Waals surface area (Å²) in [7, 11) is 1.69. The molecular formula is C18H33N3O2S. The molecule has 6 heteroatoms. The number of hydrogen-bond donors (Lipinski definition) is 2. The van der Waals surface area contributed by atoms with Gasteiger partial charge >= 0.3 is 0 Å². The van der Waals surface area contributed by atoms with Crippen molar-refractivity contribution in [3.63, 3.8) is 0 Å². The lowest BCUT2D eigenvalue weighted by molar-refractivity contribution is 0.0689. The van der Waals surface area contributed by atoms with Gasteiger partial charge in [-0.1, -0.05) is 13.0 Å². The Bertz CT molecular complexity index is 424. The number of aliphatic imine (C=N–C) groups is 1. The van der Waals surface area contributed by atoms with Crippen molar-refractivity contribution < 1.29 is 9.47 Å². The Morgan fingerprint density at radius 1 is 1.25 bits per heavy atom. The van der Waals surface area contributed by atoms with Crippen LogP contribution in [0.5, 0.6) is 0 Å². The van der Waals surface area contributed by atoms with Crippen molar-refractivity contribution >= 4 is 17.3 Å². The first kappa shape index (κ1) is 20.9. The van der Waals surface area contributed by atoms with E-state index in [1.807, 2.05) is 11.3 Å².